The van der Waals surface area contributed by atoms with Crippen LogP contribution in [-0.2, 0) is 13.1 Å². The summed E-state index contributed by atoms with van der Waals surface area (Å²) in [7, 11) is 0. The molecule has 5 heteroatoms. The molecule has 0 unspecified atom stereocenters. The van der Waals surface area contributed by atoms with Crippen LogP contribution in [0.25, 0.3) is 0 Å². The van der Waals surface area contributed by atoms with Crippen molar-refractivity contribution in [3.8, 4) is 5.75 Å². The first-order valence-electron chi connectivity index (χ1n) is 5.90. The summed E-state index contributed by atoms with van der Waals surface area (Å²) in [4.78, 5) is 15.6. The Morgan fingerprint density at radius 2 is 2.11 bits per heavy atom. The highest BCUT2D eigenvalue weighted by Crippen LogP contribution is 2.13. The molecular formula is C14H15N3O2. The molecule has 0 aliphatic carbocycles. The third-order valence-corrected chi connectivity index (χ3v) is 2.72. The van der Waals surface area contributed by atoms with E-state index in [0.29, 0.717) is 13.1 Å². The van der Waals surface area contributed by atoms with Crippen molar-refractivity contribution in [2.24, 2.45) is 5.73 Å². The number of rotatable bonds is 4. The van der Waals surface area contributed by atoms with Crippen LogP contribution in [0.4, 0.5) is 0 Å². The van der Waals surface area contributed by atoms with E-state index in [1.165, 1.54) is 18.5 Å². The molecule has 0 saturated carbocycles. The molecule has 0 bridgehead atoms. The van der Waals surface area contributed by atoms with Crippen LogP contribution in [0.15, 0.2) is 42.7 Å². The van der Waals surface area contributed by atoms with Crippen molar-refractivity contribution in [2.45, 2.75) is 13.1 Å². The quantitative estimate of drug-likeness (QED) is 0.767. The van der Waals surface area contributed by atoms with Gasteiger partial charge in [0.1, 0.15) is 5.75 Å². The second kappa shape index (κ2) is 5.97. The molecule has 1 amide bonds. The molecule has 1 aromatic carbocycles. The van der Waals surface area contributed by atoms with E-state index in [-0.39, 0.29) is 17.2 Å². The minimum atomic E-state index is -0.335. The van der Waals surface area contributed by atoms with Crippen LogP contribution in [0.1, 0.15) is 21.5 Å². The van der Waals surface area contributed by atoms with Crippen LogP contribution in [0, 0.1) is 0 Å². The second-order valence-corrected chi connectivity index (χ2v) is 4.10. The lowest BCUT2D eigenvalue weighted by atomic mass is 10.1. The Labute approximate surface area is 111 Å². The Morgan fingerprint density at radius 1 is 1.32 bits per heavy atom. The highest BCUT2D eigenvalue weighted by Gasteiger charge is 2.09. The van der Waals surface area contributed by atoms with Gasteiger partial charge in [0, 0.05) is 19.3 Å². The number of pyridine rings is 1. The number of nitrogens with one attached hydrogen (secondary N) is 1. The third-order valence-electron chi connectivity index (χ3n) is 2.72. The van der Waals surface area contributed by atoms with E-state index in [2.05, 4.69) is 10.3 Å². The summed E-state index contributed by atoms with van der Waals surface area (Å²) in [6, 6.07) is 9.15. The zero-order chi connectivity index (χ0) is 13.7. The van der Waals surface area contributed by atoms with Crippen molar-refractivity contribution in [2.75, 3.05) is 0 Å². The smallest absolute Gasteiger partial charge is 0.255 e. The molecule has 2 rings (SSSR count). The van der Waals surface area contributed by atoms with Gasteiger partial charge >= 0.3 is 0 Å². The van der Waals surface area contributed by atoms with Crippen LogP contribution in [0.3, 0.4) is 0 Å². The molecule has 0 saturated heterocycles. The molecule has 0 radical (unpaired) electrons. The molecule has 0 atom stereocenters. The number of aromatic hydroxyl groups is 1. The Balaban J connectivity index is 2.02. The molecule has 4 N–H and O–H groups in total. The average molecular weight is 257 g/mol. The predicted octanol–water partition coefficient (Wildman–Crippen LogP) is 1.18. The fourth-order valence-electron chi connectivity index (χ4n) is 1.72. The molecule has 5 nitrogen and oxygen atoms in total. The van der Waals surface area contributed by atoms with Gasteiger partial charge in [-0.2, -0.15) is 0 Å². The highest BCUT2D eigenvalue weighted by atomic mass is 16.3. The van der Waals surface area contributed by atoms with E-state index in [1.54, 1.807) is 0 Å². The fraction of sp³-hybridized carbons (Fsp3) is 0.143. The minimum absolute atomic E-state index is 0.129. The summed E-state index contributed by atoms with van der Waals surface area (Å²) in [5, 5.41) is 12.3. The van der Waals surface area contributed by atoms with Gasteiger partial charge in [-0.3, -0.25) is 9.78 Å². The van der Waals surface area contributed by atoms with E-state index in [0.717, 1.165) is 11.1 Å². The van der Waals surface area contributed by atoms with Gasteiger partial charge in [0.25, 0.3) is 5.91 Å². The van der Waals surface area contributed by atoms with Crippen LogP contribution in [0.5, 0.6) is 5.75 Å². The number of aromatic nitrogens is 1. The van der Waals surface area contributed by atoms with Gasteiger partial charge in [0.05, 0.1) is 11.8 Å². The number of hydrogen-bond donors (Lipinski definition) is 3. The largest absolute Gasteiger partial charge is 0.505 e. The molecule has 0 fully saturated rings. The van der Waals surface area contributed by atoms with Crippen LogP contribution < -0.4 is 11.1 Å². The first-order chi connectivity index (χ1) is 9.20. The first kappa shape index (κ1) is 13.0. The number of carbonyl (C=O) groups excluding carboxylic acids is 1. The molecule has 98 valence electrons. The van der Waals surface area contributed by atoms with Crippen molar-refractivity contribution in [3.63, 3.8) is 0 Å². The van der Waals surface area contributed by atoms with Crippen LogP contribution in [-0.4, -0.2) is 16.0 Å². The average Bonchev–Trinajstić information content (AvgIpc) is 2.45. The third kappa shape index (κ3) is 3.29. The number of benzene rings is 1. The van der Waals surface area contributed by atoms with E-state index < -0.39 is 0 Å². The van der Waals surface area contributed by atoms with E-state index in [4.69, 9.17) is 5.73 Å². The van der Waals surface area contributed by atoms with Crippen molar-refractivity contribution in [1.29, 1.82) is 0 Å². The predicted molar refractivity (Wildman–Crippen MR) is 71.4 cm³/mol. The summed E-state index contributed by atoms with van der Waals surface area (Å²) in [5.41, 5.74) is 7.75. The SMILES string of the molecule is NCc1cccc(CNC(=O)c2ccncc2O)c1. The summed E-state index contributed by atoms with van der Waals surface area (Å²) in [6.07, 6.45) is 2.70. The lowest BCUT2D eigenvalue weighted by molar-refractivity contribution is 0.0948. The van der Waals surface area contributed by atoms with Gasteiger partial charge in [-0.25, -0.2) is 0 Å². The number of nitrogens with two attached hydrogens (primary N) is 1. The van der Waals surface area contributed by atoms with Gasteiger partial charge in [-0.05, 0) is 17.2 Å². The van der Waals surface area contributed by atoms with Gasteiger partial charge < -0.3 is 16.2 Å². The first-order valence-corrected chi connectivity index (χ1v) is 5.90. The molecule has 19 heavy (non-hydrogen) atoms. The van der Waals surface area contributed by atoms with Gasteiger partial charge in [-0.15, -0.1) is 0 Å². The van der Waals surface area contributed by atoms with Crippen LogP contribution >= 0.6 is 0 Å². The van der Waals surface area contributed by atoms with Crippen molar-refractivity contribution in [1.82, 2.24) is 10.3 Å². The van der Waals surface area contributed by atoms with Crippen molar-refractivity contribution >= 4 is 5.91 Å². The molecule has 0 aliphatic heterocycles. The van der Waals surface area contributed by atoms with Crippen molar-refractivity contribution < 1.29 is 9.90 Å². The molecular weight excluding hydrogens is 242 g/mol. The standard InChI is InChI=1S/C14H15N3O2/c15-7-10-2-1-3-11(6-10)8-17-14(19)12-4-5-16-9-13(12)18/h1-6,9,18H,7-8,15H2,(H,17,19). The number of carbonyl (C=O) groups is 1. The maximum atomic E-state index is 11.9. The Hall–Kier alpha value is -2.40. The normalized spacial score (nSPS) is 10.2. The second-order valence-electron chi connectivity index (χ2n) is 4.10. The summed E-state index contributed by atoms with van der Waals surface area (Å²) in [5.74, 6) is -0.464. The number of hydrogen-bond acceptors (Lipinski definition) is 4. The Kier molecular flexibility index (Phi) is 4.10. The Bertz CT molecular complexity index is 584. The maximum Gasteiger partial charge on any atom is 0.255 e. The summed E-state index contributed by atoms with van der Waals surface area (Å²) in [6.45, 7) is 0.849. The van der Waals surface area contributed by atoms with E-state index >= 15 is 0 Å². The maximum absolute atomic E-state index is 11.9. The molecule has 1 aromatic heterocycles. The Morgan fingerprint density at radius 3 is 2.84 bits per heavy atom. The zero-order valence-corrected chi connectivity index (χ0v) is 10.3. The molecule has 0 aliphatic rings. The number of amides is 1. The summed E-state index contributed by atoms with van der Waals surface area (Å²) < 4.78 is 0. The van der Waals surface area contributed by atoms with Gasteiger partial charge in [0.15, 0.2) is 0 Å². The minimum Gasteiger partial charge on any atom is -0.505 e. The van der Waals surface area contributed by atoms with Crippen LogP contribution in [0.2, 0.25) is 0 Å². The molecule has 1 heterocycles. The van der Waals surface area contributed by atoms with Gasteiger partial charge in [0.2, 0.25) is 0 Å². The van der Waals surface area contributed by atoms with E-state index in [9.17, 15) is 9.90 Å². The number of nitrogens with zero attached hydrogens (tertiary/aromatic N) is 1. The lowest BCUT2D eigenvalue weighted by Gasteiger charge is -2.07. The van der Waals surface area contributed by atoms with Gasteiger partial charge in [-0.1, -0.05) is 24.3 Å². The molecule has 0 spiro atoms. The summed E-state index contributed by atoms with van der Waals surface area (Å²) >= 11 is 0. The highest BCUT2D eigenvalue weighted by molar-refractivity contribution is 5.96. The van der Waals surface area contributed by atoms with E-state index in [1.807, 2.05) is 24.3 Å². The monoisotopic (exact) mass is 257 g/mol. The topological polar surface area (TPSA) is 88.2 Å². The fourth-order valence-corrected chi connectivity index (χ4v) is 1.72. The molecule has 2 aromatic rings. The zero-order valence-electron chi connectivity index (χ0n) is 10.3. The lowest BCUT2D eigenvalue weighted by Crippen LogP contribution is -2.23. The van der Waals surface area contributed by atoms with Crippen molar-refractivity contribution in [3.05, 3.63) is 59.4 Å².